The average molecular weight is 300 g/mol. The molecule has 2 aliphatic heterocycles. The molecule has 4 heterocycles. The van der Waals surface area contributed by atoms with Gasteiger partial charge >= 0.3 is 0 Å². The summed E-state index contributed by atoms with van der Waals surface area (Å²) in [6.45, 7) is 7.45. The summed E-state index contributed by atoms with van der Waals surface area (Å²) in [6, 6.07) is 4.05. The third-order valence-corrected chi connectivity index (χ3v) is 5.03. The highest BCUT2D eigenvalue weighted by Crippen LogP contribution is 2.30. The van der Waals surface area contributed by atoms with Gasteiger partial charge in [0.25, 0.3) is 0 Å². The van der Waals surface area contributed by atoms with Crippen molar-refractivity contribution < 1.29 is 4.74 Å². The second-order valence-electron chi connectivity index (χ2n) is 6.44. The predicted molar refractivity (Wildman–Crippen MR) is 86.0 cm³/mol. The number of likely N-dealkylation sites (tertiary alicyclic amines) is 1. The second kappa shape index (κ2) is 5.97. The fourth-order valence-corrected chi connectivity index (χ4v) is 3.79. The summed E-state index contributed by atoms with van der Waals surface area (Å²) in [4.78, 5) is 12.0. The molecule has 118 valence electrons. The summed E-state index contributed by atoms with van der Waals surface area (Å²) in [5.74, 6) is 1.73. The molecule has 2 saturated heterocycles. The fraction of sp³-hybridized carbons (Fsp3) is 0.647. The van der Waals surface area contributed by atoms with E-state index in [-0.39, 0.29) is 0 Å². The Kier molecular flexibility index (Phi) is 3.84. The first-order valence-electron chi connectivity index (χ1n) is 8.50. The third-order valence-electron chi connectivity index (χ3n) is 5.03. The number of fused-ring (bicyclic) bond motifs is 1. The Bertz CT molecular complexity index is 647. The maximum Gasteiger partial charge on any atom is 0.160 e. The van der Waals surface area contributed by atoms with Crippen molar-refractivity contribution in [3.8, 4) is 0 Å². The highest BCUT2D eigenvalue weighted by molar-refractivity contribution is 5.71. The molecule has 0 spiro atoms. The number of pyridine rings is 1. The van der Waals surface area contributed by atoms with E-state index in [9.17, 15) is 0 Å². The number of hydrogen-bond acceptors (Lipinski definition) is 4. The standard InChI is InChI=1S/C17H24N4O/c1-2-20-9-7-13(11-20)16-19-15-6-3-8-18-17(15)21(16)12-14-5-4-10-22-14/h3,6,8,13-14H,2,4-5,7,9-12H2,1H3. The molecule has 4 rings (SSSR count). The quantitative estimate of drug-likeness (QED) is 0.870. The normalized spacial score (nSPS) is 26.2. The van der Waals surface area contributed by atoms with Gasteiger partial charge in [0.05, 0.1) is 12.6 Å². The zero-order chi connectivity index (χ0) is 14.9. The van der Waals surface area contributed by atoms with E-state index in [4.69, 9.17) is 9.72 Å². The molecule has 0 amide bonds. The number of ether oxygens (including phenoxy) is 1. The first kappa shape index (κ1) is 14.2. The smallest absolute Gasteiger partial charge is 0.160 e. The molecule has 0 bridgehead atoms. The summed E-state index contributed by atoms with van der Waals surface area (Å²) >= 11 is 0. The van der Waals surface area contributed by atoms with Crippen molar-refractivity contribution in [1.29, 1.82) is 0 Å². The van der Waals surface area contributed by atoms with Crippen molar-refractivity contribution in [2.45, 2.75) is 44.8 Å². The Morgan fingerprint density at radius 1 is 1.36 bits per heavy atom. The molecular formula is C17H24N4O. The SMILES string of the molecule is CCN1CCC(c2nc3cccnc3n2CC2CCCO2)C1. The van der Waals surface area contributed by atoms with E-state index >= 15 is 0 Å². The van der Waals surface area contributed by atoms with Crippen LogP contribution in [0.15, 0.2) is 18.3 Å². The largest absolute Gasteiger partial charge is 0.376 e. The predicted octanol–water partition coefficient (Wildman–Crippen LogP) is 2.42. The molecule has 5 nitrogen and oxygen atoms in total. The Morgan fingerprint density at radius 3 is 3.09 bits per heavy atom. The molecule has 0 aromatic carbocycles. The first-order chi connectivity index (χ1) is 10.8. The van der Waals surface area contributed by atoms with Crippen LogP contribution in [0.2, 0.25) is 0 Å². The van der Waals surface area contributed by atoms with Crippen molar-refractivity contribution in [2.24, 2.45) is 0 Å². The molecule has 2 fully saturated rings. The van der Waals surface area contributed by atoms with E-state index in [2.05, 4.69) is 27.4 Å². The van der Waals surface area contributed by atoms with Crippen LogP contribution >= 0.6 is 0 Å². The summed E-state index contributed by atoms with van der Waals surface area (Å²) < 4.78 is 8.18. The van der Waals surface area contributed by atoms with Gasteiger partial charge in [-0.25, -0.2) is 9.97 Å². The summed E-state index contributed by atoms with van der Waals surface area (Å²) in [5.41, 5.74) is 2.04. The van der Waals surface area contributed by atoms with Crippen LogP contribution in [-0.2, 0) is 11.3 Å². The highest BCUT2D eigenvalue weighted by atomic mass is 16.5. The van der Waals surface area contributed by atoms with E-state index in [0.29, 0.717) is 12.0 Å². The Balaban J connectivity index is 1.69. The number of imidazole rings is 1. The van der Waals surface area contributed by atoms with Gasteiger partial charge in [-0.05, 0) is 44.5 Å². The lowest BCUT2D eigenvalue weighted by atomic mass is 10.1. The van der Waals surface area contributed by atoms with Crippen molar-refractivity contribution in [3.05, 3.63) is 24.2 Å². The third kappa shape index (κ3) is 2.52. The van der Waals surface area contributed by atoms with Crippen molar-refractivity contribution in [1.82, 2.24) is 19.4 Å². The van der Waals surface area contributed by atoms with Crippen molar-refractivity contribution in [3.63, 3.8) is 0 Å². The summed E-state index contributed by atoms with van der Waals surface area (Å²) in [6.07, 6.45) is 5.71. The molecule has 2 atom stereocenters. The first-order valence-corrected chi connectivity index (χ1v) is 8.50. The molecular weight excluding hydrogens is 276 g/mol. The van der Waals surface area contributed by atoms with Gasteiger partial charge in [-0.3, -0.25) is 0 Å². The lowest BCUT2D eigenvalue weighted by Gasteiger charge is -2.17. The van der Waals surface area contributed by atoms with Gasteiger partial charge in [-0.2, -0.15) is 0 Å². The molecule has 0 N–H and O–H groups in total. The number of rotatable bonds is 4. The Labute approximate surface area is 131 Å². The molecule has 2 unspecified atom stereocenters. The van der Waals surface area contributed by atoms with Gasteiger partial charge in [0.1, 0.15) is 11.3 Å². The van der Waals surface area contributed by atoms with Crippen LogP contribution in [0.25, 0.3) is 11.2 Å². The zero-order valence-electron chi connectivity index (χ0n) is 13.2. The Morgan fingerprint density at radius 2 is 2.32 bits per heavy atom. The molecule has 0 saturated carbocycles. The minimum absolute atomic E-state index is 0.321. The lowest BCUT2D eigenvalue weighted by Crippen LogP contribution is -2.22. The van der Waals surface area contributed by atoms with Crippen LogP contribution in [0.4, 0.5) is 0 Å². The van der Waals surface area contributed by atoms with Crippen molar-refractivity contribution >= 4 is 11.2 Å². The van der Waals surface area contributed by atoms with Gasteiger partial charge < -0.3 is 14.2 Å². The fourth-order valence-electron chi connectivity index (χ4n) is 3.79. The molecule has 2 aromatic rings. The number of aromatic nitrogens is 3. The number of likely N-dealkylation sites (N-methyl/N-ethyl adjacent to an activating group) is 1. The van der Waals surface area contributed by atoms with Crippen LogP contribution in [0.1, 0.15) is 37.9 Å². The molecule has 5 heteroatoms. The number of hydrogen-bond donors (Lipinski definition) is 0. The highest BCUT2D eigenvalue weighted by Gasteiger charge is 2.29. The summed E-state index contributed by atoms with van der Waals surface area (Å²) in [7, 11) is 0. The van der Waals surface area contributed by atoms with Crippen LogP contribution < -0.4 is 0 Å². The van der Waals surface area contributed by atoms with E-state index in [1.165, 1.54) is 25.2 Å². The van der Waals surface area contributed by atoms with Gasteiger partial charge in [0.2, 0.25) is 0 Å². The average Bonchev–Trinajstić information content (AvgIpc) is 3.27. The van der Waals surface area contributed by atoms with Crippen LogP contribution in [-0.4, -0.2) is 51.8 Å². The molecule has 2 aromatic heterocycles. The molecule has 2 aliphatic rings. The minimum atomic E-state index is 0.321. The molecule has 0 aliphatic carbocycles. The van der Waals surface area contributed by atoms with E-state index in [1.807, 2.05) is 12.3 Å². The van der Waals surface area contributed by atoms with E-state index in [1.54, 1.807) is 0 Å². The minimum Gasteiger partial charge on any atom is -0.376 e. The Hall–Kier alpha value is -1.46. The van der Waals surface area contributed by atoms with Crippen molar-refractivity contribution in [2.75, 3.05) is 26.2 Å². The maximum atomic E-state index is 5.85. The molecule has 0 radical (unpaired) electrons. The van der Waals surface area contributed by atoms with Gasteiger partial charge in [-0.1, -0.05) is 6.92 Å². The van der Waals surface area contributed by atoms with Gasteiger partial charge in [0, 0.05) is 25.3 Å². The van der Waals surface area contributed by atoms with E-state index in [0.717, 1.165) is 43.8 Å². The van der Waals surface area contributed by atoms with Crippen LogP contribution in [0.5, 0.6) is 0 Å². The maximum absolute atomic E-state index is 5.85. The van der Waals surface area contributed by atoms with Gasteiger partial charge in [-0.15, -0.1) is 0 Å². The molecule has 22 heavy (non-hydrogen) atoms. The topological polar surface area (TPSA) is 43.2 Å². The zero-order valence-corrected chi connectivity index (χ0v) is 13.2. The monoisotopic (exact) mass is 300 g/mol. The second-order valence-corrected chi connectivity index (χ2v) is 6.44. The van der Waals surface area contributed by atoms with Crippen LogP contribution in [0.3, 0.4) is 0 Å². The number of nitrogens with zero attached hydrogens (tertiary/aromatic N) is 4. The van der Waals surface area contributed by atoms with Crippen LogP contribution in [0, 0.1) is 0 Å². The van der Waals surface area contributed by atoms with E-state index < -0.39 is 0 Å². The van der Waals surface area contributed by atoms with Gasteiger partial charge in [0.15, 0.2) is 5.65 Å². The lowest BCUT2D eigenvalue weighted by molar-refractivity contribution is 0.0968. The summed E-state index contributed by atoms with van der Waals surface area (Å²) in [5, 5.41) is 0.